The lowest BCUT2D eigenvalue weighted by Crippen LogP contribution is -2.19. The molecular formula is C27H24BrClN2O3S. The molecule has 1 saturated heterocycles. The molecule has 5 nitrogen and oxygen atoms in total. The third-order valence-electron chi connectivity index (χ3n) is 5.18. The molecule has 0 bridgehead atoms. The summed E-state index contributed by atoms with van der Waals surface area (Å²) in [6, 6.07) is 17.1. The van der Waals surface area contributed by atoms with Crippen LogP contribution in [-0.4, -0.2) is 17.7 Å². The Balaban J connectivity index is 1.51. The molecule has 1 amide bonds. The number of carbonyl (C=O) groups excluding carboxylic acids is 1. The molecule has 1 fully saturated rings. The number of thioether (sulfide) groups is 1. The lowest BCUT2D eigenvalue weighted by molar-refractivity contribution is -0.115. The van der Waals surface area contributed by atoms with E-state index in [1.165, 1.54) is 11.8 Å². The molecule has 180 valence electrons. The molecule has 3 aromatic carbocycles. The van der Waals surface area contributed by atoms with Crippen molar-refractivity contribution in [2.75, 3.05) is 6.61 Å². The first-order valence-corrected chi connectivity index (χ1v) is 13.0. The number of hydrogen-bond acceptors (Lipinski definition) is 5. The van der Waals surface area contributed by atoms with E-state index in [1.807, 2.05) is 81.4 Å². The van der Waals surface area contributed by atoms with Crippen LogP contribution >= 0.6 is 39.3 Å². The standard InChI is InChI=1S/C27H24BrClN2O3S/c1-4-33-23-13-19(7-10-22(23)34-15-18-5-8-20(29)9-6-18)14-24-26(32)31-27(35-24)30-21-11-16(2)25(28)17(3)12-21/h5-14H,4,15H2,1-3H3,(H,30,31,32)/b24-14-. The first-order valence-electron chi connectivity index (χ1n) is 11.0. The summed E-state index contributed by atoms with van der Waals surface area (Å²) in [5, 5.41) is 4.09. The Bertz CT molecular complexity index is 1300. The van der Waals surface area contributed by atoms with Crippen molar-refractivity contribution in [1.29, 1.82) is 0 Å². The first-order chi connectivity index (χ1) is 16.8. The van der Waals surface area contributed by atoms with Gasteiger partial charge in [-0.3, -0.25) is 4.79 Å². The van der Waals surface area contributed by atoms with E-state index in [9.17, 15) is 4.79 Å². The second-order valence-corrected chi connectivity index (χ2v) is 10.2. The lowest BCUT2D eigenvalue weighted by Gasteiger charge is -2.13. The number of nitrogens with zero attached hydrogens (tertiary/aromatic N) is 1. The smallest absolute Gasteiger partial charge is 0.264 e. The Hall–Kier alpha value is -2.74. The van der Waals surface area contributed by atoms with Crippen LogP contribution in [0.2, 0.25) is 5.02 Å². The molecular weight excluding hydrogens is 548 g/mol. The average Bonchev–Trinajstić information content (AvgIpc) is 3.16. The van der Waals surface area contributed by atoms with Crippen LogP contribution < -0.4 is 14.8 Å². The summed E-state index contributed by atoms with van der Waals surface area (Å²) in [7, 11) is 0. The van der Waals surface area contributed by atoms with Crippen molar-refractivity contribution >= 4 is 62.1 Å². The minimum atomic E-state index is -0.180. The van der Waals surface area contributed by atoms with Crippen molar-refractivity contribution in [3.8, 4) is 11.5 Å². The highest BCUT2D eigenvalue weighted by Gasteiger charge is 2.24. The van der Waals surface area contributed by atoms with E-state index in [1.54, 1.807) is 0 Å². The molecule has 8 heteroatoms. The van der Waals surface area contributed by atoms with Crippen molar-refractivity contribution in [2.24, 2.45) is 4.99 Å². The molecule has 0 unspecified atom stereocenters. The molecule has 0 radical (unpaired) electrons. The zero-order chi connectivity index (χ0) is 24.9. The highest BCUT2D eigenvalue weighted by Crippen LogP contribution is 2.34. The quantitative estimate of drug-likeness (QED) is 0.297. The van der Waals surface area contributed by atoms with Crippen LogP contribution in [0.15, 0.2) is 69.0 Å². The first kappa shape index (κ1) is 25.4. The maximum Gasteiger partial charge on any atom is 0.264 e. The zero-order valence-corrected chi connectivity index (χ0v) is 22.7. The Kier molecular flexibility index (Phi) is 8.21. The van der Waals surface area contributed by atoms with E-state index < -0.39 is 0 Å². The van der Waals surface area contributed by atoms with Gasteiger partial charge in [-0.2, -0.15) is 0 Å². The summed E-state index contributed by atoms with van der Waals surface area (Å²) in [6.45, 7) is 6.85. The van der Waals surface area contributed by atoms with E-state index in [4.69, 9.17) is 21.1 Å². The van der Waals surface area contributed by atoms with Gasteiger partial charge in [0, 0.05) is 9.50 Å². The van der Waals surface area contributed by atoms with Gasteiger partial charge in [0.25, 0.3) is 5.91 Å². The number of ether oxygens (including phenoxy) is 2. The van der Waals surface area contributed by atoms with Gasteiger partial charge in [-0.1, -0.05) is 45.7 Å². The molecule has 0 saturated carbocycles. The summed E-state index contributed by atoms with van der Waals surface area (Å²) in [4.78, 5) is 17.8. The van der Waals surface area contributed by atoms with E-state index >= 15 is 0 Å². The number of amides is 1. The van der Waals surface area contributed by atoms with Gasteiger partial charge < -0.3 is 14.8 Å². The fraction of sp³-hybridized carbons (Fsp3) is 0.185. The van der Waals surface area contributed by atoms with Crippen LogP contribution in [0.25, 0.3) is 6.08 Å². The van der Waals surface area contributed by atoms with E-state index in [2.05, 4.69) is 26.2 Å². The van der Waals surface area contributed by atoms with Gasteiger partial charge in [0.1, 0.15) is 6.61 Å². The van der Waals surface area contributed by atoms with Gasteiger partial charge in [-0.15, -0.1) is 0 Å². The van der Waals surface area contributed by atoms with Crippen LogP contribution in [0, 0.1) is 13.8 Å². The largest absolute Gasteiger partial charge is 0.490 e. The molecule has 1 aliphatic rings. The average molecular weight is 572 g/mol. The molecule has 4 rings (SSSR count). The van der Waals surface area contributed by atoms with Crippen LogP contribution in [0.3, 0.4) is 0 Å². The van der Waals surface area contributed by atoms with Crippen LogP contribution in [0.5, 0.6) is 11.5 Å². The molecule has 0 aromatic heterocycles. The van der Waals surface area contributed by atoms with Gasteiger partial charge in [0.15, 0.2) is 16.7 Å². The number of nitrogens with one attached hydrogen (secondary N) is 1. The summed E-state index contributed by atoms with van der Waals surface area (Å²) >= 11 is 10.8. The van der Waals surface area contributed by atoms with Crippen molar-refractivity contribution in [1.82, 2.24) is 5.32 Å². The number of carbonyl (C=O) groups is 1. The molecule has 1 N–H and O–H groups in total. The van der Waals surface area contributed by atoms with E-state index in [0.717, 1.165) is 32.4 Å². The second kappa shape index (κ2) is 11.3. The molecule has 1 heterocycles. The van der Waals surface area contributed by atoms with Gasteiger partial charge in [0.05, 0.1) is 17.2 Å². The fourth-order valence-corrected chi connectivity index (χ4v) is 4.68. The van der Waals surface area contributed by atoms with Gasteiger partial charge in [-0.05, 0) is 97.3 Å². The van der Waals surface area contributed by atoms with Crippen LogP contribution in [0.4, 0.5) is 5.69 Å². The number of rotatable bonds is 7. The molecule has 0 spiro atoms. The predicted octanol–water partition coefficient (Wildman–Crippen LogP) is 7.59. The van der Waals surface area contributed by atoms with Crippen LogP contribution in [0.1, 0.15) is 29.2 Å². The predicted molar refractivity (Wildman–Crippen MR) is 148 cm³/mol. The van der Waals surface area contributed by atoms with E-state index in [-0.39, 0.29) is 5.91 Å². The summed E-state index contributed by atoms with van der Waals surface area (Å²) in [5.74, 6) is 1.07. The number of halogens is 2. The SMILES string of the molecule is CCOc1cc(/C=C2\SC(=Nc3cc(C)c(Br)c(C)c3)NC2=O)ccc1OCc1ccc(Cl)cc1. The van der Waals surface area contributed by atoms with Gasteiger partial charge in [0.2, 0.25) is 0 Å². The topological polar surface area (TPSA) is 59.9 Å². The number of aryl methyl sites for hydroxylation is 2. The molecule has 0 atom stereocenters. The Labute approximate surface area is 222 Å². The Morgan fingerprint density at radius 1 is 1.03 bits per heavy atom. The minimum absolute atomic E-state index is 0.180. The van der Waals surface area contributed by atoms with Crippen molar-refractivity contribution < 1.29 is 14.3 Å². The molecule has 35 heavy (non-hydrogen) atoms. The van der Waals surface area contributed by atoms with Crippen LogP contribution in [-0.2, 0) is 11.4 Å². The Morgan fingerprint density at radius 2 is 1.74 bits per heavy atom. The normalized spacial score (nSPS) is 15.5. The van der Waals surface area contributed by atoms with Crippen molar-refractivity contribution in [2.45, 2.75) is 27.4 Å². The minimum Gasteiger partial charge on any atom is -0.490 e. The van der Waals surface area contributed by atoms with Gasteiger partial charge in [-0.25, -0.2) is 4.99 Å². The number of amidine groups is 1. The zero-order valence-electron chi connectivity index (χ0n) is 19.5. The highest BCUT2D eigenvalue weighted by molar-refractivity contribution is 9.10. The molecule has 3 aromatic rings. The maximum atomic E-state index is 12.6. The third-order valence-corrected chi connectivity index (χ3v) is 7.59. The number of hydrogen-bond donors (Lipinski definition) is 1. The lowest BCUT2D eigenvalue weighted by atomic mass is 10.1. The van der Waals surface area contributed by atoms with E-state index in [0.29, 0.717) is 39.8 Å². The summed E-state index contributed by atoms with van der Waals surface area (Å²) < 4.78 is 12.8. The number of aliphatic imine (C=N–C) groups is 1. The third kappa shape index (κ3) is 6.48. The summed E-state index contributed by atoms with van der Waals surface area (Å²) in [6.07, 6.45) is 1.83. The fourth-order valence-electron chi connectivity index (χ4n) is 3.48. The maximum absolute atomic E-state index is 12.6. The number of benzene rings is 3. The molecule has 0 aliphatic carbocycles. The monoisotopic (exact) mass is 570 g/mol. The van der Waals surface area contributed by atoms with Gasteiger partial charge >= 0.3 is 0 Å². The second-order valence-electron chi connectivity index (χ2n) is 7.93. The highest BCUT2D eigenvalue weighted by atomic mass is 79.9. The van der Waals surface area contributed by atoms with Crippen molar-refractivity contribution in [3.63, 3.8) is 0 Å². The molecule has 1 aliphatic heterocycles. The van der Waals surface area contributed by atoms with Crippen molar-refractivity contribution in [3.05, 3.63) is 91.3 Å². The summed E-state index contributed by atoms with van der Waals surface area (Å²) in [5.41, 5.74) is 4.83. The Morgan fingerprint density at radius 3 is 2.43 bits per heavy atom.